The highest BCUT2D eigenvalue weighted by atomic mass is 32.2. The van der Waals surface area contributed by atoms with Crippen molar-refractivity contribution in [1.82, 2.24) is 15.5 Å². The maximum Gasteiger partial charge on any atom is 0.405 e. The fourth-order valence-corrected chi connectivity index (χ4v) is 2.66. The molecule has 1 saturated heterocycles. The molecule has 4 nitrogen and oxygen atoms in total. The number of amides is 1. The largest absolute Gasteiger partial charge is 0.405 e. The van der Waals surface area contributed by atoms with Crippen molar-refractivity contribution in [3.63, 3.8) is 0 Å². The average Bonchev–Trinajstić information content (AvgIpc) is 2.35. The predicted molar refractivity (Wildman–Crippen MR) is 79.5 cm³/mol. The van der Waals surface area contributed by atoms with Crippen molar-refractivity contribution in [2.45, 2.75) is 37.7 Å². The molecule has 0 aromatic rings. The van der Waals surface area contributed by atoms with Gasteiger partial charge in [0.15, 0.2) is 0 Å². The lowest BCUT2D eigenvalue weighted by Gasteiger charge is -2.36. The van der Waals surface area contributed by atoms with E-state index < -0.39 is 12.2 Å². The molecule has 1 aliphatic heterocycles. The Morgan fingerprint density at radius 1 is 1.29 bits per heavy atom. The first kappa shape index (κ1) is 18.6. The van der Waals surface area contributed by atoms with Crippen molar-refractivity contribution >= 4 is 17.7 Å². The third kappa shape index (κ3) is 7.37. The molecule has 8 heteroatoms. The van der Waals surface area contributed by atoms with Crippen LogP contribution in [0.1, 0.15) is 20.8 Å². The van der Waals surface area contributed by atoms with Crippen LogP contribution in [0.5, 0.6) is 0 Å². The van der Waals surface area contributed by atoms with Gasteiger partial charge in [0.05, 0.1) is 5.75 Å². The van der Waals surface area contributed by atoms with Gasteiger partial charge in [0.25, 0.3) is 0 Å². The van der Waals surface area contributed by atoms with Crippen molar-refractivity contribution in [2.75, 3.05) is 38.5 Å². The highest BCUT2D eigenvalue weighted by molar-refractivity contribution is 8.01. The Hall–Kier alpha value is -0.470. The highest BCUT2D eigenvalue weighted by Gasteiger charge is 2.43. The number of nitrogens with zero attached hydrogens (tertiary/aromatic N) is 1. The minimum Gasteiger partial charge on any atom is -0.353 e. The van der Waals surface area contributed by atoms with Crippen molar-refractivity contribution in [3.05, 3.63) is 0 Å². The van der Waals surface area contributed by atoms with Crippen LogP contribution < -0.4 is 10.6 Å². The first-order chi connectivity index (χ1) is 9.59. The number of alkyl halides is 3. The van der Waals surface area contributed by atoms with Crippen molar-refractivity contribution < 1.29 is 18.0 Å². The summed E-state index contributed by atoms with van der Waals surface area (Å²) in [5.74, 6) is -0.172. The van der Waals surface area contributed by atoms with Crippen molar-refractivity contribution in [3.8, 4) is 0 Å². The third-order valence-corrected chi connectivity index (χ3v) is 4.37. The molecule has 1 atom stereocenters. The third-order valence-electron chi connectivity index (χ3n) is 3.10. The molecule has 124 valence electrons. The Morgan fingerprint density at radius 3 is 2.33 bits per heavy atom. The van der Waals surface area contributed by atoms with Gasteiger partial charge in [-0.2, -0.15) is 13.2 Å². The number of piperazine rings is 1. The Morgan fingerprint density at radius 2 is 1.86 bits per heavy atom. The van der Waals surface area contributed by atoms with E-state index in [9.17, 15) is 18.0 Å². The van der Waals surface area contributed by atoms with Crippen LogP contribution in [0.25, 0.3) is 0 Å². The number of thioether (sulfide) groups is 1. The number of hydrogen-bond acceptors (Lipinski definition) is 4. The van der Waals surface area contributed by atoms with Crippen LogP contribution in [0, 0.1) is 0 Å². The summed E-state index contributed by atoms with van der Waals surface area (Å²) < 4.78 is 39.3. The molecule has 0 radical (unpaired) electrons. The monoisotopic (exact) mass is 327 g/mol. The summed E-state index contributed by atoms with van der Waals surface area (Å²) in [6.07, 6.45) is -4.33. The molecule has 0 saturated carbocycles. The summed E-state index contributed by atoms with van der Waals surface area (Å²) in [7, 11) is 0. The smallest absolute Gasteiger partial charge is 0.353 e. The van der Waals surface area contributed by atoms with E-state index >= 15 is 0 Å². The number of rotatable bonds is 5. The van der Waals surface area contributed by atoms with Crippen LogP contribution in [0.15, 0.2) is 0 Å². The average molecular weight is 327 g/mol. The molecule has 0 bridgehead atoms. The summed E-state index contributed by atoms with van der Waals surface area (Å²) in [5, 5.41) is 5.44. The van der Waals surface area contributed by atoms with Gasteiger partial charge in [-0.15, -0.1) is 11.8 Å². The van der Waals surface area contributed by atoms with Gasteiger partial charge >= 0.3 is 6.18 Å². The highest BCUT2D eigenvalue weighted by Crippen LogP contribution is 2.25. The zero-order valence-corrected chi connectivity index (χ0v) is 13.5. The van der Waals surface area contributed by atoms with E-state index in [4.69, 9.17) is 0 Å². The minimum atomic E-state index is -4.33. The lowest BCUT2D eigenvalue weighted by molar-refractivity contribution is -0.183. The topological polar surface area (TPSA) is 44.4 Å². The van der Waals surface area contributed by atoms with Gasteiger partial charge in [0.1, 0.15) is 6.04 Å². The molecule has 1 aliphatic rings. The Balaban J connectivity index is 2.48. The molecule has 1 rings (SSSR count). The fourth-order valence-electron chi connectivity index (χ4n) is 1.99. The molecule has 21 heavy (non-hydrogen) atoms. The molecule has 2 N–H and O–H groups in total. The van der Waals surface area contributed by atoms with Gasteiger partial charge in [-0.1, -0.05) is 20.8 Å². The molecule has 0 aliphatic carbocycles. The van der Waals surface area contributed by atoms with Crippen molar-refractivity contribution in [1.29, 1.82) is 0 Å². The number of carbonyl (C=O) groups excluding carboxylic acids is 1. The SMILES string of the molecule is CC(C)(C)SCC(=O)NCC(N1CCNCC1)C(F)(F)F. The van der Waals surface area contributed by atoms with Gasteiger partial charge in [0.2, 0.25) is 5.91 Å². The molecule has 0 spiro atoms. The summed E-state index contributed by atoms with van der Waals surface area (Å²) >= 11 is 1.42. The number of hydrogen-bond donors (Lipinski definition) is 2. The molecule has 0 aromatic carbocycles. The van der Waals surface area contributed by atoms with Crippen LogP contribution in [-0.4, -0.2) is 66.2 Å². The van der Waals surface area contributed by atoms with Crippen LogP contribution >= 0.6 is 11.8 Å². The standard InChI is InChI=1S/C13H24F3N3OS/c1-12(2,3)21-9-11(20)18-8-10(13(14,15)16)19-6-4-17-5-7-19/h10,17H,4-9H2,1-3H3,(H,18,20). The Kier molecular flexibility index (Phi) is 6.80. The predicted octanol–water partition coefficient (Wildman–Crippen LogP) is 1.47. The first-order valence-corrected chi connectivity index (χ1v) is 8.00. The van der Waals surface area contributed by atoms with E-state index in [1.807, 2.05) is 20.8 Å². The van der Waals surface area contributed by atoms with Gasteiger partial charge < -0.3 is 10.6 Å². The van der Waals surface area contributed by atoms with E-state index in [0.29, 0.717) is 26.2 Å². The van der Waals surface area contributed by atoms with Crippen molar-refractivity contribution in [2.24, 2.45) is 0 Å². The summed E-state index contributed by atoms with van der Waals surface area (Å²) in [6, 6.07) is -1.61. The van der Waals surface area contributed by atoms with Crippen LogP contribution in [-0.2, 0) is 4.79 Å². The number of carbonyl (C=O) groups is 1. The molecule has 1 unspecified atom stereocenters. The molecule has 0 aromatic heterocycles. The quantitative estimate of drug-likeness (QED) is 0.803. The minimum absolute atomic E-state index is 0.0840. The van der Waals surface area contributed by atoms with E-state index in [0.717, 1.165) is 0 Å². The Bertz CT molecular complexity index is 339. The van der Waals surface area contributed by atoms with E-state index in [-0.39, 0.29) is 23.0 Å². The van der Waals surface area contributed by atoms with E-state index in [2.05, 4.69) is 10.6 Å². The summed E-state index contributed by atoms with van der Waals surface area (Å²) in [4.78, 5) is 13.1. The molecular weight excluding hydrogens is 303 g/mol. The van der Waals surface area contributed by atoms with Gasteiger partial charge in [-0.3, -0.25) is 9.69 Å². The van der Waals surface area contributed by atoms with E-state index in [1.165, 1.54) is 16.7 Å². The molecule has 1 fully saturated rings. The van der Waals surface area contributed by atoms with Gasteiger partial charge in [-0.05, 0) is 0 Å². The number of nitrogens with one attached hydrogen (secondary N) is 2. The second-order valence-corrected chi connectivity index (χ2v) is 7.85. The van der Waals surface area contributed by atoms with Crippen LogP contribution in [0.3, 0.4) is 0 Å². The Labute approximate surface area is 128 Å². The zero-order chi connectivity index (χ0) is 16.1. The zero-order valence-electron chi connectivity index (χ0n) is 12.7. The van der Waals surface area contributed by atoms with Crippen LogP contribution in [0.2, 0.25) is 0 Å². The molecular formula is C13H24F3N3OS. The maximum absolute atomic E-state index is 13.1. The van der Waals surface area contributed by atoms with E-state index in [1.54, 1.807) is 0 Å². The van der Waals surface area contributed by atoms with Crippen LogP contribution in [0.4, 0.5) is 13.2 Å². The first-order valence-electron chi connectivity index (χ1n) is 7.02. The molecule has 1 amide bonds. The molecule has 1 heterocycles. The number of halogens is 3. The summed E-state index contributed by atoms with van der Waals surface area (Å²) in [5.41, 5.74) is 0. The van der Waals surface area contributed by atoms with Gasteiger partial charge in [0, 0.05) is 37.5 Å². The summed E-state index contributed by atoms with van der Waals surface area (Å²) in [6.45, 7) is 7.28. The lowest BCUT2D eigenvalue weighted by atomic mass is 10.2. The van der Waals surface area contributed by atoms with Gasteiger partial charge in [-0.25, -0.2) is 0 Å². The lowest BCUT2D eigenvalue weighted by Crippen LogP contribution is -2.57. The fraction of sp³-hybridized carbons (Fsp3) is 0.923. The normalized spacial score (nSPS) is 19.3. The second kappa shape index (κ2) is 7.69. The maximum atomic E-state index is 13.1. The second-order valence-electron chi connectivity index (χ2n) is 6.05.